The molecule has 21 heavy (non-hydrogen) atoms. The smallest absolute Gasteiger partial charge is 0.241 e. The monoisotopic (exact) mass is 328 g/mol. The first-order valence-electron chi connectivity index (χ1n) is 6.25. The van der Waals surface area contributed by atoms with Gasteiger partial charge in [-0.15, -0.1) is 0 Å². The SMILES string of the molecule is Cc1cc(Cl)c(N)cc1S(=O)(=O)NCc1cn(C)nc1C. The molecule has 0 aliphatic heterocycles. The van der Waals surface area contributed by atoms with Crippen LogP contribution in [0.25, 0.3) is 0 Å². The van der Waals surface area contributed by atoms with Gasteiger partial charge >= 0.3 is 0 Å². The molecule has 1 heterocycles. The Morgan fingerprint density at radius 3 is 2.62 bits per heavy atom. The Balaban J connectivity index is 2.27. The van der Waals surface area contributed by atoms with E-state index in [0.717, 1.165) is 11.3 Å². The van der Waals surface area contributed by atoms with E-state index in [1.54, 1.807) is 30.9 Å². The Morgan fingerprint density at radius 2 is 2.05 bits per heavy atom. The first-order chi connectivity index (χ1) is 9.70. The van der Waals surface area contributed by atoms with Crippen LogP contribution in [0.3, 0.4) is 0 Å². The number of nitrogens with one attached hydrogen (secondary N) is 1. The Morgan fingerprint density at radius 1 is 1.38 bits per heavy atom. The summed E-state index contributed by atoms with van der Waals surface area (Å²) in [6.45, 7) is 3.67. The zero-order valence-electron chi connectivity index (χ0n) is 12.0. The van der Waals surface area contributed by atoms with Crippen molar-refractivity contribution in [1.82, 2.24) is 14.5 Å². The van der Waals surface area contributed by atoms with E-state index in [2.05, 4.69) is 9.82 Å². The molecule has 2 rings (SSSR count). The number of hydrogen-bond donors (Lipinski definition) is 2. The number of aromatic nitrogens is 2. The van der Waals surface area contributed by atoms with E-state index in [4.69, 9.17) is 17.3 Å². The van der Waals surface area contributed by atoms with E-state index in [1.807, 2.05) is 6.92 Å². The summed E-state index contributed by atoms with van der Waals surface area (Å²) in [5.74, 6) is 0. The van der Waals surface area contributed by atoms with Gasteiger partial charge in [0.2, 0.25) is 10.0 Å². The van der Waals surface area contributed by atoms with Gasteiger partial charge in [-0.1, -0.05) is 11.6 Å². The largest absolute Gasteiger partial charge is 0.397 e. The van der Waals surface area contributed by atoms with Gasteiger partial charge in [-0.3, -0.25) is 4.68 Å². The second-order valence-corrected chi connectivity index (χ2v) is 7.02. The molecule has 1 aromatic heterocycles. The first-order valence-corrected chi connectivity index (χ1v) is 8.11. The third-order valence-electron chi connectivity index (χ3n) is 3.15. The van der Waals surface area contributed by atoms with Crippen LogP contribution < -0.4 is 10.5 Å². The number of hydrogen-bond acceptors (Lipinski definition) is 4. The minimum absolute atomic E-state index is 0.131. The highest BCUT2D eigenvalue weighted by molar-refractivity contribution is 7.89. The van der Waals surface area contributed by atoms with Crippen molar-refractivity contribution in [1.29, 1.82) is 0 Å². The normalized spacial score (nSPS) is 11.8. The highest BCUT2D eigenvalue weighted by Gasteiger charge is 2.19. The fourth-order valence-corrected chi connectivity index (χ4v) is 3.51. The number of nitrogens with zero attached hydrogens (tertiary/aromatic N) is 2. The summed E-state index contributed by atoms with van der Waals surface area (Å²) < 4.78 is 28.9. The number of sulfonamides is 1. The van der Waals surface area contributed by atoms with Crippen LogP contribution in [0, 0.1) is 13.8 Å². The quantitative estimate of drug-likeness (QED) is 0.837. The van der Waals surface area contributed by atoms with Crippen molar-refractivity contribution in [3.8, 4) is 0 Å². The molecule has 0 spiro atoms. The van der Waals surface area contributed by atoms with Crippen LogP contribution in [0.1, 0.15) is 16.8 Å². The molecule has 1 aromatic carbocycles. The first kappa shape index (κ1) is 15.8. The minimum atomic E-state index is -3.66. The van der Waals surface area contributed by atoms with Gasteiger partial charge in [-0.2, -0.15) is 5.10 Å². The summed E-state index contributed by atoms with van der Waals surface area (Å²) in [5.41, 5.74) is 8.07. The number of nitrogens with two attached hydrogens (primary N) is 1. The van der Waals surface area contributed by atoms with E-state index in [0.29, 0.717) is 10.6 Å². The van der Waals surface area contributed by atoms with Crippen LogP contribution in [0.15, 0.2) is 23.2 Å². The highest BCUT2D eigenvalue weighted by atomic mass is 35.5. The van der Waals surface area contributed by atoms with Crippen molar-refractivity contribution in [2.24, 2.45) is 7.05 Å². The number of nitrogen functional groups attached to an aromatic ring is 1. The molecular formula is C13H17ClN4O2S. The lowest BCUT2D eigenvalue weighted by Gasteiger charge is -2.10. The van der Waals surface area contributed by atoms with Crippen LogP contribution in [0.2, 0.25) is 5.02 Å². The Kier molecular flexibility index (Phi) is 4.27. The number of aryl methyl sites for hydroxylation is 3. The van der Waals surface area contributed by atoms with Crippen molar-refractivity contribution in [2.75, 3.05) is 5.73 Å². The maximum atomic E-state index is 12.4. The van der Waals surface area contributed by atoms with Crippen molar-refractivity contribution in [3.05, 3.63) is 40.2 Å². The molecule has 0 aliphatic carbocycles. The molecule has 8 heteroatoms. The third kappa shape index (κ3) is 3.37. The summed E-state index contributed by atoms with van der Waals surface area (Å²) in [6, 6.07) is 2.91. The lowest BCUT2D eigenvalue weighted by atomic mass is 10.2. The molecule has 0 saturated carbocycles. The van der Waals surface area contributed by atoms with E-state index in [-0.39, 0.29) is 17.1 Å². The molecule has 0 fully saturated rings. The standard InChI is InChI=1S/C13H17ClN4O2S/c1-8-4-11(14)12(15)5-13(8)21(19,20)16-6-10-7-18(3)17-9(10)2/h4-5,7,16H,6,15H2,1-3H3. The predicted octanol–water partition coefficient (Wildman–Crippen LogP) is 1.75. The fraction of sp³-hybridized carbons (Fsp3) is 0.308. The van der Waals surface area contributed by atoms with E-state index in [1.165, 1.54) is 6.07 Å². The van der Waals surface area contributed by atoms with E-state index >= 15 is 0 Å². The average Bonchev–Trinajstić information content (AvgIpc) is 2.70. The Bertz CT molecular complexity index is 784. The third-order valence-corrected chi connectivity index (χ3v) is 5.02. The lowest BCUT2D eigenvalue weighted by Crippen LogP contribution is -2.24. The Labute approximate surface area is 129 Å². The van der Waals surface area contributed by atoms with Crippen LogP contribution in [0.5, 0.6) is 0 Å². The maximum Gasteiger partial charge on any atom is 0.241 e. The molecule has 0 unspecified atom stereocenters. The van der Waals surface area contributed by atoms with Crippen LogP contribution in [-0.2, 0) is 23.6 Å². The molecule has 0 atom stereocenters. The molecule has 2 aromatic rings. The van der Waals surface area contributed by atoms with E-state index < -0.39 is 10.0 Å². The molecule has 6 nitrogen and oxygen atoms in total. The molecule has 0 aliphatic rings. The van der Waals surface area contributed by atoms with Crippen LogP contribution in [-0.4, -0.2) is 18.2 Å². The molecular weight excluding hydrogens is 312 g/mol. The molecule has 0 radical (unpaired) electrons. The van der Waals surface area contributed by atoms with Gasteiger partial charge in [0.15, 0.2) is 0 Å². The van der Waals surface area contributed by atoms with Crippen molar-refractivity contribution in [2.45, 2.75) is 25.3 Å². The molecule has 0 amide bonds. The second-order valence-electron chi connectivity index (χ2n) is 4.88. The zero-order valence-corrected chi connectivity index (χ0v) is 13.6. The van der Waals surface area contributed by atoms with Crippen LogP contribution in [0.4, 0.5) is 5.69 Å². The lowest BCUT2D eigenvalue weighted by molar-refractivity contribution is 0.580. The molecule has 114 valence electrons. The Hall–Kier alpha value is -1.57. The molecule has 0 bridgehead atoms. The van der Waals surface area contributed by atoms with Gasteiger partial charge < -0.3 is 5.73 Å². The average molecular weight is 329 g/mol. The zero-order chi connectivity index (χ0) is 15.8. The van der Waals surface area contributed by atoms with Gasteiger partial charge in [-0.05, 0) is 31.5 Å². The predicted molar refractivity (Wildman–Crippen MR) is 82.6 cm³/mol. The van der Waals surface area contributed by atoms with Gasteiger partial charge in [-0.25, -0.2) is 13.1 Å². The van der Waals surface area contributed by atoms with Gasteiger partial charge in [0.05, 0.1) is 21.3 Å². The maximum absolute atomic E-state index is 12.4. The number of rotatable bonds is 4. The highest BCUT2D eigenvalue weighted by Crippen LogP contribution is 2.26. The number of benzene rings is 1. The van der Waals surface area contributed by atoms with Gasteiger partial charge in [0.1, 0.15) is 0 Å². The number of anilines is 1. The summed E-state index contributed by atoms with van der Waals surface area (Å²) in [4.78, 5) is 0.131. The summed E-state index contributed by atoms with van der Waals surface area (Å²) in [6.07, 6.45) is 1.78. The second kappa shape index (κ2) is 5.67. The molecule has 0 saturated heterocycles. The van der Waals surface area contributed by atoms with Crippen molar-refractivity contribution >= 4 is 27.3 Å². The van der Waals surface area contributed by atoms with E-state index in [9.17, 15) is 8.42 Å². The summed E-state index contributed by atoms with van der Waals surface area (Å²) >= 11 is 5.88. The minimum Gasteiger partial charge on any atom is -0.397 e. The fourth-order valence-electron chi connectivity index (χ4n) is 2.03. The van der Waals surface area contributed by atoms with Crippen molar-refractivity contribution < 1.29 is 8.42 Å². The van der Waals surface area contributed by atoms with Gasteiger partial charge in [0, 0.05) is 25.4 Å². The van der Waals surface area contributed by atoms with Crippen molar-refractivity contribution in [3.63, 3.8) is 0 Å². The number of halogens is 1. The van der Waals surface area contributed by atoms with Crippen LogP contribution >= 0.6 is 11.6 Å². The summed E-state index contributed by atoms with van der Waals surface area (Å²) in [5, 5.41) is 4.51. The van der Waals surface area contributed by atoms with Gasteiger partial charge in [0.25, 0.3) is 0 Å². The summed E-state index contributed by atoms with van der Waals surface area (Å²) in [7, 11) is -1.87. The topological polar surface area (TPSA) is 90.0 Å². The molecule has 3 N–H and O–H groups in total.